The summed E-state index contributed by atoms with van der Waals surface area (Å²) in [5.41, 5.74) is 2.04. The van der Waals surface area contributed by atoms with E-state index in [-0.39, 0.29) is 5.41 Å². The maximum atomic E-state index is 10.7. The number of aryl methyl sites for hydroxylation is 1. The van der Waals surface area contributed by atoms with Crippen molar-refractivity contribution >= 4 is 23.4 Å². The molecule has 1 aromatic rings. The molecular formula is C13H19O3SSe-. The molecule has 1 aromatic carbocycles. The Morgan fingerprint density at radius 3 is 2.61 bits per heavy atom. The van der Waals surface area contributed by atoms with E-state index in [2.05, 4.69) is 35.2 Å². The van der Waals surface area contributed by atoms with E-state index in [1.165, 1.54) is 0 Å². The van der Waals surface area contributed by atoms with Gasteiger partial charge in [0, 0.05) is 0 Å². The van der Waals surface area contributed by atoms with E-state index in [1.807, 2.05) is 12.1 Å². The van der Waals surface area contributed by atoms with Gasteiger partial charge in [-0.1, -0.05) is 0 Å². The fourth-order valence-electron chi connectivity index (χ4n) is 1.74. The Labute approximate surface area is 117 Å². The molecule has 0 aliphatic carbocycles. The Morgan fingerprint density at radius 2 is 2.06 bits per heavy atom. The van der Waals surface area contributed by atoms with Crippen LogP contribution in [0.3, 0.4) is 0 Å². The summed E-state index contributed by atoms with van der Waals surface area (Å²) in [7, 11) is -1.31. The van der Waals surface area contributed by atoms with Crippen LogP contribution in [0, 0.1) is 0 Å². The number of phenolic OH excluding ortho intramolecular Hbond substituents is 1. The van der Waals surface area contributed by atoms with Crippen LogP contribution in [0.5, 0.6) is 5.75 Å². The molecule has 0 heterocycles. The molecule has 0 aliphatic rings. The van der Waals surface area contributed by atoms with E-state index in [9.17, 15) is 9.32 Å². The zero-order chi connectivity index (χ0) is 13.8. The molecule has 0 aromatic heterocycles. The molecule has 0 saturated heterocycles. The first-order valence-corrected chi connectivity index (χ1v) is 8.95. The summed E-state index contributed by atoms with van der Waals surface area (Å²) >= 11 is 2.39. The van der Waals surface area contributed by atoms with E-state index < -0.39 is 9.00 Å². The zero-order valence-electron chi connectivity index (χ0n) is 10.9. The SMILES string of the molecule is CC(C)(C)c1cc(CCCO[S-](=O)=[Se])ccc1O. The van der Waals surface area contributed by atoms with Crippen molar-refractivity contribution in [2.75, 3.05) is 6.61 Å². The van der Waals surface area contributed by atoms with Gasteiger partial charge in [-0.3, -0.25) is 0 Å². The van der Waals surface area contributed by atoms with E-state index >= 15 is 0 Å². The molecule has 0 unspecified atom stereocenters. The van der Waals surface area contributed by atoms with Crippen LogP contribution in [0.4, 0.5) is 0 Å². The molecule has 0 atom stereocenters. The van der Waals surface area contributed by atoms with Gasteiger partial charge >= 0.3 is 118 Å². The van der Waals surface area contributed by atoms with Gasteiger partial charge in [0.1, 0.15) is 0 Å². The standard InChI is InChI=1S/C13H19O3SSe/c1-13(2,3)11-9-10(6-7-12(11)14)5-4-8-16-17(15)18/h6-7,9,14H,4-5,8H2,1-3H3/q-1. The van der Waals surface area contributed by atoms with E-state index in [1.54, 1.807) is 6.07 Å². The molecular weight excluding hydrogens is 315 g/mol. The summed E-state index contributed by atoms with van der Waals surface area (Å²) in [5.74, 6) is 0.340. The monoisotopic (exact) mass is 335 g/mol. The van der Waals surface area contributed by atoms with Crippen molar-refractivity contribution < 1.29 is 13.5 Å². The molecule has 1 rings (SSSR count). The van der Waals surface area contributed by atoms with Gasteiger partial charge < -0.3 is 0 Å². The summed E-state index contributed by atoms with van der Waals surface area (Å²) in [6.45, 7) is 6.69. The van der Waals surface area contributed by atoms with Crippen molar-refractivity contribution in [3.05, 3.63) is 29.3 Å². The minimum absolute atomic E-state index is 0.0729. The van der Waals surface area contributed by atoms with Crippen molar-refractivity contribution in [3.8, 4) is 5.75 Å². The van der Waals surface area contributed by atoms with Crippen LogP contribution >= 0.6 is 0 Å². The van der Waals surface area contributed by atoms with Gasteiger partial charge in [0.25, 0.3) is 0 Å². The zero-order valence-corrected chi connectivity index (χ0v) is 13.5. The fourth-order valence-corrected chi connectivity index (χ4v) is 2.42. The number of aromatic hydroxyl groups is 1. The van der Waals surface area contributed by atoms with Crippen molar-refractivity contribution in [2.24, 2.45) is 0 Å². The van der Waals surface area contributed by atoms with Crippen molar-refractivity contribution in [3.63, 3.8) is 0 Å². The van der Waals surface area contributed by atoms with Crippen LogP contribution < -0.4 is 0 Å². The summed E-state index contributed by atoms with van der Waals surface area (Å²) in [4.78, 5) is 0. The number of hydrogen-bond donors (Lipinski definition) is 1. The summed E-state index contributed by atoms with van der Waals surface area (Å²) < 4.78 is 15.6. The molecule has 3 nitrogen and oxygen atoms in total. The van der Waals surface area contributed by atoms with Crippen LogP contribution in [-0.2, 0) is 29.2 Å². The second-order valence-electron chi connectivity index (χ2n) is 5.23. The molecule has 0 saturated carbocycles. The Balaban J connectivity index is 2.68. The van der Waals surface area contributed by atoms with Crippen LogP contribution in [0.25, 0.3) is 0 Å². The molecule has 5 heteroatoms. The molecule has 0 aliphatic heterocycles. The van der Waals surface area contributed by atoms with Crippen molar-refractivity contribution in [1.29, 1.82) is 0 Å². The van der Waals surface area contributed by atoms with Gasteiger partial charge in [-0.05, 0) is 0 Å². The molecule has 102 valence electrons. The number of hydrogen-bond acceptors (Lipinski definition) is 4. The number of benzene rings is 1. The second kappa shape index (κ2) is 6.71. The van der Waals surface area contributed by atoms with E-state index in [0.717, 1.165) is 24.0 Å². The first kappa shape index (κ1) is 15.7. The maximum absolute atomic E-state index is 10.7. The first-order chi connectivity index (χ1) is 8.30. The van der Waals surface area contributed by atoms with Crippen molar-refractivity contribution in [2.45, 2.75) is 39.0 Å². The predicted molar refractivity (Wildman–Crippen MR) is 74.9 cm³/mol. The fraction of sp³-hybridized carbons (Fsp3) is 0.538. The molecule has 0 spiro atoms. The third-order valence-electron chi connectivity index (χ3n) is 2.66. The summed E-state index contributed by atoms with van der Waals surface area (Å²) in [5, 5.41) is 9.85. The van der Waals surface area contributed by atoms with Crippen LogP contribution in [-0.4, -0.2) is 26.1 Å². The Hall–Kier alpha value is -0.351. The van der Waals surface area contributed by atoms with E-state index in [4.69, 9.17) is 4.18 Å². The molecule has 0 radical (unpaired) electrons. The third-order valence-corrected chi connectivity index (χ3v) is 3.62. The van der Waals surface area contributed by atoms with Crippen LogP contribution in [0.15, 0.2) is 18.2 Å². The number of rotatable bonds is 5. The molecule has 0 bridgehead atoms. The molecule has 1 N–H and O–H groups in total. The summed E-state index contributed by atoms with van der Waals surface area (Å²) in [6, 6.07) is 5.69. The van der Waals surface area contributed by atoms with Crippen LogP contribution in [0.1, 0.15) is 38.3 Å². The van der Waals surface area contributed by atoms with E-state index in [0.29, 0.717) is 12.4 Å². The molecule has 0 amide bonds. The van der Waals surface area contributed by atoms with Gasteiger partial charge in [0.2, 0.25) is 0 Å². The minimum atomic E-state index is -1.31. The topological polar surface area (TPSA) is 46.5 Å². The first-order valence-electron chi connectivity index (χ1n) is 5.85. The van der Waals surface area contributed by atoms with Gasteiger partial charge in [-0.15, -0.1) is 0 Å². The quantitative estimate of drug-likeness (QED) is 0.511. The molecule has 18 heavy (non-hydrogen) atoms. The van der Waals surface area contributed by atoms with Gasteiger partial charge in [0.15, 0.2) is 0 Å². The van der Waals surface area contributed by atoms with Gasteiger partial charge in [-0.2, -0.15) is 0 Å². The summed E-state index contributed by atoms with van der Waals surface area (Å²) in [6.07, 6.45) is 1.66. The Kier molecular flexibility index (Phi) is 5.86. The van der Waals surface area contributed by atoms with Gasteiger partial charge in [0.05, 0.1) is 0 Å². The van der Waals surface area contributed by atoms with Gasteiger partial charge in [-0.25, -0.2) is 0 Å². The third kappa shape index (κ3) is 5.10. The predicted octanol–water partition coefficient (Wildman–Crippen LogP) is 2.60. The average Bonchev–Trinajstić information content (AvgIpc) is 2.24. The second-order valence-corrected chi connectivity index (χ2v) is 7.59. The number of phenols is 1. The van der Waals surface area contributed by atoms with Crippen molar-refractivity contribution in [1.82, 2.24) is 0 Å². The molecule has 0 fully saturated rings. The van der Waals surface area contributed by atoms with Crippen LogP contribution in [0.2, 0.25) is 0 Å². The average molecular weight is 334 g/mol. The Morgan fingerprint density at radius 1 is 1.39 bits per heavy atom. The Bertz CT molecular complexity index is 468. The normalized spacial score (nSPS) is 12.0.